The molecule has 1 aromatic carbocycles. The van der Waals surface area contributed by atoms with E-state index in [1.54, 1.807) is 11.3 Å². The molecule has 0 radical (unpaired) electrons. The summed E-state index contributed by atoms with van der Waals surface area (Å²) in [7, 11) is 0. The first-order chi connectivity index (χ1) is 18.0. The highest BCUT2D eigenvalue weighted by Gasteiger charge is 2.44. The van der Waals surface area contributed by atoms with Crippen molar-refractivity contribution in [2.75, 3.05) is 19.8 Å². The third-order valence-corrected chi connectivity index (χ3v) is 7.83. The molecule has 3 rings (SSSR count). The van der Waals surface area contributed by atoms with Gasteiger partial charge in [0, 0.05) is 26.0 Å². The molecule has 8 nitrogen and oxygen atoms in total. The van der Waals surface area contributed by atoms with E-state index in [2.05, 4.69) is 10.3 Å². The highest BCUT2D eigenvalue weighted by atomic mass is 32.1. The van der Waals surface area contributed by atoms with E-state index in [0.29, 0.717) is 13.0 Å². The van der Waals surface area contributed by atoms with Gasteiger partial charge in [0.15, 0.2) is 5.78 Å². The van der Waals surface area contributed by atoms with Gasteiger partial charge in [0.2, 0.25) is 11.8 Å². The summed E-state index contributed by atoms with van der Waals surface area (Å²) >= 11 is 1.60. The minimum Gasteiger partial charge on any atom is -0.391 e. The zero-order chi connectivity index (χ0) is 27.9. The van der Waals surface area contributed by atoms with Crippen molar-refractivity contribution >= 4 is 28.9 Å². The van der Waals surface area contributed by atoms with E-state index < -0.39 is 23.6 Å². The second-order valence-corrected chi connectivity index (χ2v) is 12.0. The first-order valence-electron chi connectivity index (χ1n) is 13.4. The first-order valence-corrected chi connectivity index (χ1v) is 14.3. The lowest BCUT2D eigenvalue weighted by molar-refractivity contribution is -0.144. The number of carbonyl (C=O) groups is 3. The van der Waals surface area contributed by atoms with E-state index >= 15 is 0 Å². The van der Waals surface area contributed by atoms with Crippen molar-refractivity contribution < 1.29 is 24.2 Å². The SMILES string of the molecule is CCCCOCC(=O)N[C@H](C(=O)N1C[C@H](O)C[C@H]1C(=O)CCc1ccc(-c2scnc2C)cc1)C(C)(C)C. The molecule has 1 saturated heterocycles. The fourth-order valence-electron chi connectivity index (χ4n) is 4.63. The number of likely N-dealkylation sites (tertiary alicyclic amines) is 1. The van der Waals surface area contributed by atoms with Gasteiger partial charge in [0.05, 0.1) is 28.2 Å². The Balaban J connectivity index is 1.63. The minimum absolute atomic E-state index is 0.0770. The van der Waals surface area contributed by atoms with Crippen LogP contribution < -0.4 is 5.32 Å². The molecule has 0 spiro atoms. The van der Waals surface area contributed by atoms with Crippen molar-refractivity contribution in [1.29, 1.82) is 0 Å². The minimum atomic E-state index is -0.840. The number of aliphatic hydroxyl groups excluding tert-OH is 1. The largest absolute Gasteiger partial charge is 0.391 e. The molecule has 2 aromatic rings. The number of amides is 2. The molecular weight excluding hydrogens is 502 g/mol. The Bertz CT molecular complexity index is 1090. The van der Waals surface area contributed by atoms with Crippen LogP contribution in [0.2, 0.25) is 0 Å². The molecule has 208 valence electrons. The quantitative estimate of drug-likeness (QED) is 0.393. The van der Waals surface area contributed by atoms with Crippen LogP contribution in [0.15, 0.2) is 29.8 Å². The van der Waals surface area contributed by atoms with Gasteiger partial charge in [-0.15, -0.1) is 11.3 Å². The van der Waals surface area contributed by atoms with Gasteiger partial charge < -0.3 is 20.1 Å². The second kappa shape index (κ2) is 13.4. The Kier molecular flexibility index (Phi) is 10.6. The van der Waals surface area contributed by atoms with Crippen molar-refractivity contribution in [3.63, 3.8) is 0 Å². The fourth-order valence-corrected chi connectivity index (χ4v) is 5.44. The lowest BCUT2D eigenvalue weighted by Gasteiger charge is -2.35. The third-order valence-electron chi connectivity index (χ3n) is 6.85. The number of ketones is 1. The molecule has 1 aromatic heterocycles. The van der Waals surface area contributed by atoms with Crippen LogP contribution >= 0.6 is 11.3 Å². The maximum atomic E-state index is 13.6. The van der Waals surface area contributed by atoms with Crippen LogP contribution in [0.1, 0.15) is 64.6 Å². The molecule has 0 bridgehead atoms. The van der Waals surface area contributed by atoms with E-state index in [9.17, 15) is 19.5 Å². The van der Waals surface area contributed by atoms with Gasteiger partial charge >= 0.3 is 0 Å². The number of nitrogens with one attached hydrogen (secondary N) is 1. The Morgan fingerprint density at radius 1 is 1.24 bits per heavy atom. The maximum Gasteiger partial charge on any atom is 0.246 e. The summed E-state index contributed by atoms with van der Waals surface area (Å²) in [5.41, 5.74) is 4.37. The summed E-state index contributed by atoms with van der Waals surface area (Å²) in [6, 6.07) is 6.56. The summed E-state index contributed by atoms with van der Waals surface area (Å²) in [5, 5.41) is 13.2. The number of β-amino-alcohol motifs (C(OH)–C–C–N with tert-alkyl or cyclic N) is 1. The number of aromatic nitrogens is 1. The Hall–Kier alpha value is -2.62. The van der Waals surface area contributed by atoms with E-state index in [1.165, 1.54) is 4.90 Å². The van der Waals surface area contributed by atoms with Crippen LogP contribution in [0.3, 0.4) is 0 Å². The second-order valence-electron chi connectivity index (χ2n) is 11.1. The average Bonchev–Trinajstić information content (AvgIpc) is 3.48. The van der Waals surface area contributed by atoms with Gasteiger partial charge in [-0.05, 0) is 36.3 Å². The molecule has 38 heavy (non-hydrogen) atoms. The lowest BCUT2D eigenvalue weighted by Crippen LogP contribution is -2.57. The van der Waals surface area contributed by atoms with Crippen LogP contribution in [-0.4, -0.2) is 70.5 Å². The molecule has 0 saturated carbocycles. The number of thiazole rings is 1. The van der Waals surface area contributed by atoms with Crippen molar-refractivity contribution in [3.05, 3.63) is 41.0 Å². The molecule has 9 heteroatoms. The maximum absolute atomic E-state index is 13.6. The van der Waals surface area contributed by atoms with Gasteiger partial charge in [-0.3, -0.25) is 14.4 Å². The number of nitrogens with zero attached hydrogens (tertiary/aromatic N) is 2. The third kappa shape index (κ3) is 7.94. The van der Waals surface area contributed by atoms with E-state index in [-0.39, 0.29) is 43.6 Å². The van der Waals surface area contributed by atoms with Crippen molar-refractivity contribution in [3.8, 4) is 10.4 Å². The molecule has 1 aliphatic heterocycles. The monoisotopic (exact) mass is 543 g/mol. The van der Waals surface area contributed by atoms with Crippen molar-refractivity contribution in [1.82, 2.24) is 15.2 Å². The highest BCUT2D eigenvalue weighted by molar-refractivity contribution is 7.13. The lowest BCUT2D eigenvalue weighted by atomic mass is 9.85. The zero-order valence-corrected chi connectivity index (χ0v) is 24.0. The van der Waals surface area contributed by atoms with E-state index in [1.807, 2.05) is 64.4 Å². The number of benzene rings is 1. The summed E-state index contributed by atoms with van der Waals surface area (Å²) in [4.78, 5) is 46.3. The Labute approximate surface area is 229 Å². The summed E-state index contributed by atoms with van der Waals surface area (Å²) < 4.78 is 5.41. The standard InChI is InChI=1S/C29H41N3O5S/c1-6-7-14-37-17-25(35)31-27(29(3,4)5)28(36)32-16-22(33)15-23(32)24(34)13-10-20-8-11-21(12-9-20)26-19(2)30-18-38-26/h8-9,11-12,18,22-23,27,33H,6-7,10,13-17H2,1-5H3,(H,31,35)/t22-,23+,27-/m1/s1. The molecule has 0 unspecified atom stereocenters. The van der Waals surface area contributed by atoms with E-state index in [4.69, 9.17) is 4.74 Å². The average molecular weight is 544 g/mol. The van der Waals surface area contributed by atoms with Crippen molar-refractivity contribution in [2.45, 2.75) is 84.9 Å². The first kappa shape index (κ1) is 29.9. The number of aliphatic hydroxyl groups is 1. The van der Waals surface area contributed by atoms with Crippen LogP contribution in [0.4, 0.5) is 0 Å². The number of ether oxygens (including phenoxy) is 1. The fraction of sp³-hybridized carbons (Fsp3) is 0.586. The molecule has 2 N–H and O–H groups in total. The van der Waals surface area contributed by atoms with Gasteiger partial charge in [-0.25, -0.2) is 4.98 Å². The number of carbonyl (C=O) groups excluding carboxylic acids is 3. The van der Waals surface area contributed by atoms with Crippen LogP contribution in [0.25, 0.3) is 10.4 Å². The van der Waals surface area contributed by atoms with Crippen LogP contribution in [-0.2, 0) is 25.5 Å². The molecule has 2 amide bonds. The number of hydrogen-bond acceptors (Lipinski definition) is 7. The molecular formula is C29H41N3O5S. The predicted octanol–water partition coefficient (Wildman–Crippen LogP) is 3.93. The number of Topliss-reactive ketones (excluding diaryl/α,β-unsaturated/α-hetero) is 1. The number of rotatable bonds is 12. The number of hydrogen-bond donors (Lipinski definition) is 2. The molecule has 2 heterocycles. The van der Waals surface area contributed by atoms with Crippen LogP contribution in [0, 0.1) is 12.3 Å². The van der Waals surface area contributed by atoms with Gasteiger partial charge in [-0.2, -0.15) is 0 Å². The Morgan fingerprint density at radius 3 is 2.55 bits per heavy atom. The smallest absolute Gasteiger partial charge is 0.246 e. The zero-order valence-electron chi connectivity index (χ0n) is 23.2. The molecule has 1 fully saturated rings. The highest BCUT2D eigenvalue weighted by Crippen LogP contribution is 2.29. The summed E-state index contributed by atoms with van der Waals surface area (Å²) in [6.07, 6.45) is 2.07. The number of aryl methyl sites for hydroxylation is 2. The topological polar surface area (TPSA) is 109 Å². The van der Waals surface area contributed by atoms with Gasteiger partial charge in [0.25, 0.3) is 0 Å². The summed E-state index contributed by atoms with van der Waals surface area (Å²) in [6.45, 7) is 10.1. The predicted molar refractivity (Wildman–Crippen MR) is 149 cm³/mol. The van der Waals surface area contributed by atoms with Gasteiger partial charge in [0.1, 0.15) is 12.6 Å². The normalized spacial score (nSPS) is 18.4. The Morgan fingerprint density at radius 2 is 1.95 bits per heavy atom. The van der Waals surface area contributed by atoms with Gasteiger partial charge in [-0.1, -0.05) is 58.4 Å². The summed E-state index contributed by atoms with van der Waals surface area (Å²) in [5.74, 6) is -0.799. The molecule has 1 aliphatic rings. The molecule has 0 aliphatic carbocycles. The van der Waals surface area contributed by atoms with Crippen LogP contribution in [0.5, 0.6) is 0 Å². The number of unbranched alkanes of at least 4 members (excludes halogenated alkanes) is 1. The van der Waals surface area contributed by atoms with Crippen molar-refractivity contribution in [2.24, 2.45) is 5.41 Å². The molecule has 3 atom stereocenters. The van der Waals surface area contributed by atoms with E-state index in [0.717, 1.165) is 34.5 Å².